The number of fused-ring (bicyclic) bond motifs is 1. The first-order valence-electron chi connectivity index (χ1n) is 10.7. The molecule has 0 amide bonds. The highest BCUT2D eigenvalue weighted by Gasteiger charge is 2.27. The molecule has 0 bridgehead atoms. The van der Waals surface area contributed by atoms with E-state index in [-0.39, 0.29) is 12.1 Å². The summed E-state index contributed by atoms with van der Waals surface area (Å²) in [5.41, 5.74) is 5.00. The Hall–Kier alpha value is -2.64. The minimum Gasteiger partial charge on any atom is -0.356 e. The third kappa shape index (κ3) is 3.87. The molecule has 1 fully saturated rings. The van der Waals surface area contributed by atoms with Gasteiger partial charge >= 0.3 is 0 Å². The van der Waals surface area contributed by atoms with Crippen molar-refractivity contribution in [2.75, 3.05) is 13.2 Å². The molecule has 0 saturated carbocycles. The molecule has 1 atom stereocenters. The molecular formula is C23H26FN5O. The summed E-state index contributed by atoms with van der Waals surface area (Å²) in [4.78, 5) is 11.5. The second-order valence-electron chi connectivity index (χ2n) is 7.98. The number of alkyl halides is 1. The Balaban J connectivity index is 1.47. The van der Waals surface area contributed by atoms with Crippen LogP contribution in [0.2, 0.25) is 0 Å². The largest absolute Gasteiger partial charge is 0.356 e. The van der Waals surface area contributed by atoms with Crippen LogP contribution in [0.5, 0.6) is 0 Å². The summed E-state index contributed by atoms with van der Waals surface area (Å²) in [6.45, 7) is 2.55. The molecule has 3 aromatic rings. The molecule has 4 heterocycles. The van der Waals surface area contributed by atoms with Crippen LogP contribution in [0.1, 0.15) is 48.1 Å². The maximum atomic E-state index is 13.6. The van der Waals surface area contributed by atoms with Crippen molar-refractivity contribution in [3.05, 3.63) is 65.2 Å². The number of halogens is 1. The van der Waals surface area contributed by atoms with Crippen LogP contribution in [0.25, 0.3) is 11.4 Å². The Labute approximate surface area is 175 Å². The smallest absolute Gasteiger partial charge is 0.160 e. The van der Waals surface area contributed by atoms with Crippen molar-refractivity contribution in [1.29, 1.82) is 0 Å². The zero-order valence-corrected chi connectivity index (χ0v) is 17.0. The average molecular weight is 407 g/mol. The zero-order chi connectivity index (χ0) is 20.3. The van der Waals surface area contributed by atoms with Crippen LogP contribution in [-0.2, 0) is 30.9 Å². The first-order chi connectivity index (χ1) is 14.8. The standard InChI is InChI=1S/C23H26FN5O/c24-14-21-26-19-16-28(15-17-6-2-1-3-7-17)12-10-18(19)23(27-21)20-9-11-25-29(20)22-8-4-5-13-30-22/h1-3,6-7,9,11,22H,4-5,8,10,12-16H2. The van der Waals surface area contributed by atoms with Crippen LogP contribution >= 0.6 is 0 Å². The Bertz CT molecular complexity index is 1000. The Morgan fingerprint density at radius 2 is 2.00 bits per heavy atom. The normalized spacial score (nSPS) is 19.6. The monoisotopic (exact) mass is 407 g/mol. The topological polar surface area (TPSA) is 56.1 Å². The molecule has 2 aromatic heterocycles. The van der Waals surface area contributed by atoms with Crippen molar-refractivity contribution >= 4 is 0 Å². The molecule has 5 rings (SSSR count). The molecule has 6 nitrogen and oxygen atoms in total. The van der Waals surface area contributed by atoms with E-state index in [4.69, 9.17) is 4.74 Å². The van der Waals surface area contributed by atoms with Gasteiger partial charge < -0.3 is 4.74 Å². The Morgan fingerprint density at radius 3 is 2.80 bits per heavy atom. The van der Waals surface area contributed by atoms with E-state index in [1.807, 2.05) is 16.8 Å². The van der Waals surface area contributed by atoms with Gasteiger partial charge in [0.15, 0.2) is 12.1 Å². The summed E-state index contributed by atoms with van der Waals surface area (Å²) >= 11 is 0. The van der Waals surface area contributed by atoms with E-state index in [0.717, 1.165) is 68.0 Å². The van der Waals surface area contributed by atoms with Crippen LogP contribution in [-0.4, -0.2) is 37.8 Å². The van der Waals surface area contributed by atoms with Gasteiger partial charge in [0.05, 0.1) is 17.1 Å². The first-order valence-corrected chi connectivity index (χ1v) is 10.7. The van der Waals surface area contributed by atoms with E-state index in [9.17, 15) is 4.39 Å². The Morgan fingerprint density at radius 1 is 1.10 bits per heavy atom. The lowest BCUT2D eigenvalue weighted by Gasteiger charge is -2.30. The molecule has 2 aliphatic rings. The minimum atomic E-state index is -0.674. The number of benzene rings is 1. The van der Waals surface area contributed by atoms with Crippen LogP contribution in [0, 0.1) is 0 Å². The molecule has 0 spiro atoms. The van der Waals surface area contributed by atoms with Crippen molar-refractivity contribution in [1.82, 2.24) is 24.6 Å². The number of hydrogen-bond acceptors (Lipinski definition) is 5. The van der Waals surface area contributed by atoms with Gasteiger partial charge in [-0.1, -0.05) is 30.3 Å². The van der Waals surface area contributed by atoms with Gasteiger partial charge in [0, 0.05) is 38.0 Å². The van der Waals surface area contributed by atoms with Gasteiger partial charge in [-0.05, 0) is 37.3 Å². The van der Waals surface area contributed by atoms with Gasteiger partial charge in [-0.3, -0.25) is 4.90 Å². The van der Waals surface area contributed by atoms with Gasteiger partial charge in [-0.25, -0.2) is 19.0 Å². The van der Waals surface area contributed by atoms with Gasteiger partial charge in [0.1, 0.15) is 6.67 Å². The number of hydrogen-bond donors (Lipinski definition) is 0. The summed E-state index contributed by atoms with van der Waals surface area (Å²) in [6.07, 6.45) is 5.67. The van der Waals surface area contributed by atoms with Crippen molar-refractivity contribution in [2.45, 2.75) is 51.7 Å². The van der Waals surface area contributed by atoms with Crippen molar-refractivity contribution < 1.29 is 9.13 Å². The lowest BCUT2D eigenvalue weighted by atomic mass is 10.00. The molecular weight excluding hydrogens is 381 g/mol. The van der Waals surface area contributed by atoms with Crippen LogP contribution in [0.3, 0.4) is 0 Å². The second kappa shape index (κ2) is 8.62. The molecule has 1 aromatic carbocycles. The van der Waals surface area contributed by atoms with Crippen molar-refractivity contribution in [2.24, 2.45) is 0 Å². The molecule has 0 radical (unpaired) electrons. The maximum Gasteiger partial charge on any atom is 0.160 e. The maximum absolute atomic E-state index is 13.6. The third-order valence-electron chi connectivity index (χ3n) is 5.90. The fourth-order valence-electron chi connectivity index (χ4n) is 4.43. The number of ether oxygens (including phenoxy) is 1. The lowest BCUT2D eigenvalue weighted by Crippen LogP contribution is -2.32. The zero-order valence-electron chi connectivity index (χ0n) is 17.0. The van der Waals surface area contributed by atoms with E-state index in [1.54, 1.807) is 6.20 Å². The van der Waals surface area contributed by atoms with Gasteiger partial charge in [-0.2, -0.15) is 5.10 Å². The van der Waals surface area contributed by atoms with Crippen LogP contribution in [0.15, 0.2) is 42.6 Å². The Kier molecular flexibility index (Phi) is 5.55. The third-order valence-corrected chi connectivity index (χ3v) is 5.90. The minimum absolute atomic E-state index is 0.0821. The average Bonchev–Trinajstić information content (AvgIpc) is 3.29. The highest BCUT2D eigenvalue weighted by Crippen LogP contribution is 2.32. The van der Waals surface area contributed by atoms with E-state index >= 15 is 0 Å². The molecule has 0 N–H and O–H groups in total. The number of nitrogens with zero attached hydrogens (tertiary/aromatic N) is 5. The van der Waals surface area contributed by atoms with Crippen LogP contribution in [0.4, 0.5) is 4.39 Å². The first kappa shape index (κ1) is 19.3. The van der Waals surface area contributed by atoms with E-state index in [0.29, 0.717) is 6.54 Å². The quantitative estimate of drug-likeness (QED) is 0.638. The van der Waals surface area contributed by atoms with Gasteiger partial charge in [-0.15, -0.1) is 0 Å². The molecule has 1 unspecified atom stereocenters. The predicted molar refractivity (Wildman–Crippen MR) is 111 cm³/mol. The highest BCUT2D eigenvalue weighted by atomic mass is 19.1. The second-order valence-corrected chi connectivity index (χ2v) is 7.98. The summed E-state index contributed by atoms with van der Waals surface area (Å²) < 4.78 is 21.5. The predicted octanol–water partition coefficient (Wildman–Crippen LogP) is 4.07. The van der Waals surface area contributed by atoms with Crippen LogP contribution < -0.4 is 0 Å². The molecule has 1 saturated heterocycles. The summed E-state index contributed by atoms with van der Waals surface area (Å²) in [5, 5.41) is 4.52. The summed E-state index contributed by atoms with van der Waals surface area (Å²) in [5.74, 6) is 0.239. The van der Waals surface area contributed by atoms with E-state index in [1.165, 1.54) is 5.56 Å². The summed E-state index contributed by atoms with van der Waals surface area (Å²) in [6, 6.07) is 12.4. The molecule has 2 aliphatic heterocycles. The van der Waals surface area contributed by atoms with Crippen molar-refractivity contribution in [3.63, 3.8) is 0 Å². The molecule has 7 heteroatoms. The highest BCUT2D eigenvalue weighted by molar-refractivity contribution is 5.61. The molecule has 30 heavy (non-hydrogen) atoms. The number of aromatic nitrogens is 4. The van der Waals surface area contributed by atoms with E-state index < -0.39 is 6.67 Å². The number of rotatable bonds is 5. The fraction of sp³-hybridized carbons (Fsp3) is 0.435. The van der Waals surface area contributed by atoms with Gasteiger partial charge in [0.25, 0.3) is 0 Å². The van der Waals surface area contributed by atoms with Crippen molar-refractivity contribution in [3.8, 4) is 11.4 Å². The van der Waals surface area contributed by atoms with Gasteiger partial charge in [0.2, 0.25) is 0 Å². The summed E-state index contributed by atoms with van der Waals surface area (Å²) in [7, 11) is 0. The molecule has 0 aliphatic carbocycles. The van der Waals surface area contributed by atoms with E-state index in [2.05, 4.69) is 44.2 Å². The fourth-order valence-corrected chi connectivity index (χ4v) is 4.43. The SMILES string of the molecule is FCc1nc2c(c(-c3ccnn3C3CCCCO3)n1)CCN(Cc1ccccc1)C2. The lowest BCUT2D eigenvalue weighted by molar-refractivity contribution is -0.0384. The molecule has 156 valence electrons.